The summed E-state index contributed by atoms with van der Waals surface area (Å²) in [7, 11) is 0. The quantitative estimate of drug-likeness (QED) is 0.628. The molecule has 0 bridgehead atoms. The Kier molecular flexibility index (Phi) is 1.82. The highest BCUT2D eigenvalue weighted by molar-refractivity contribution is 5.79. The number of carbonyl (C=O) groups is 1. The van der Waals surface area contributed by atoms with Crippen LogP contribution < -0.4 is 5.32 Å². The first-order valence-electron chi connectivity index (χ1n) is 5.43. The molecule has 1 unspecified atom stereocenters. The standard InChI is InChI=1S/C10H16N2O2/c13-9-5-14-10(3-4-11-6-10)7-12(9)8-1-2-8/h8,11H,1-7H2. The first-order chi connectivity index (χ1) is 6.79. The average Bonchev–Trinajstić information content (AvgIpc) is 2.94. The van der Waals surface area contributed by atoms with Crippen molar-refractivity contribution in [2.24, 2.45) is 0 Å². The lowest BCUT2D eigenvalue weighted by Gasteiger charge is -2.39. The fourth-order valence-corrected chi connectivity index (χ4v) is 2.44. The lowest BCUT2D eigenvalue weighted by molar-refractivity contribution is -0.161. The third kappa shape index (κ3) is 1.33. The van der Waals surface area contributed by atoms with Crippen molar-refractivity contribution in [2.75, 3.05) is 26.2 Å². The number of rotatable bonds is 1. The van der Waals surface area contributed by atoms with E-state index in [1.54, 1.807) is 0 Å². The summed E-state index contributed by atoms with van der Waals surface area (Å²) >= 11 is 0. The number of hydrogen-bond donors (Lipinski definition) is 1. The zero-order valence-electron chi connectivity index (χ0n) is 8.29. The lowest BCUT2D eigenvalue weighted by Crippen LogP contribution is -2.56. The summed E-state index contributed by atoms with van der Waals surface area (Å²) in [5, 5.41) is 3.31. The molecule has 0 aromatic carbocycles. The molecule has 0 aromatic rings. The van der Waals surface area contributed by atoms with E-state index in [0.717, 1.165) is 26.1 Å². The monoisotopic (exact) mass is 196 g/mol. The zero-order valence-corrected chi connectivity index (χ0v) is 8.29. The van der Waals surface area contributed by atoms with E-state index >= 15 is 0 Å². The largest absolute Gasteiger partial charge is 0.362 e. The molecular weight excluding hydrogens is 180 g/mol. The summed E-state index contributed by atoms with van der Waals surface area (Å²) in [4.78, 5) is 13.6. The third-order valence-corrected chi connectivity index (χ3v) is 3.47. The molecule has 14 heavy (non-hydrogen) atoms. The van der Waals surface area contributed by atoms with Crippen LogP contribution in [0.15, 0.2) is 0 Å². The highest BCUT2D eigenvalue weighted by atomic mass is 16.5. The topological polar surface area (TPSA) is 41.6 Å². The molecule has 1 spiro atoms. The lowest BCUT2D eigenvalue weighted by atomic mass is 10.0. The van der Waals surface area contributed by atoms with Gasteiger partial charge in [-0.15, -0.1) is 0 Å². The molecule has 1 atom stereocenters. The van der Waals surface area contributed by atoms with E-state index in [-0.39, 0.29) is 18.1 Å². The second-order valence-corrected chi connectivity index (χ2v) is 4.65. The van der Waals surface area contributed by atoms with Gasteiger partial charge in [0.05, 0.1) is 12.1 Å². The molecule has 2 saturated heterocycles. The number of carbonyl (C=O) groups excluding carboxylic acids is 1. The van der Waals surface area contributed by atoms with Crippen LogP contribution in [-0.4, -0.2) is 48.7 Å². The SMILES string of the molecule is O=C1COC2(CCNC2)CN1C1CC1. The van der Waals surface area contributed by atoms with E-state index in [1.807, 2.05) is 4.90 Å². The number of nitrogens with zero attached hydrogens (tertiary/aromatic N) is 1. The minimum absolute atomic E-state index is 0.0590. The average molecular weight is 196 g/mol. The van der Waals surface area contributed by atoms with Gasteiger partial charge in [-0.1, -0.05) is 0 Å². The molecule has 1 N–H and O–H groups in total. The molecule has 1 amide bonds. The van der Waals surface area contributed by atoms with E-state index in [1.165, 1.54) is 12.8 Å². The number of nitrogens with one attached hydrogen (secondary N) is 1. The van der Waals surface area contributed by atoms with Crippen molar-refractivity contribution in [2.45, 2.75) is 30.9 Å². The molecule has 4 nitrogen and oxygen atoms in total. The molecule has 78 valence electrons. The smallest absolute Gasteiger partial charge is 0.248 e. The maximum atomic E-state index is 11.6. The van der Waals surface area contributed by atoms with Crippen LogP contribution in [0.25, 0.3) is 0 Å². The van der Waals surface area contributed by atoms with Crippen LogP contribution in [0.1, 0.15) is 19.3 Å². The second kappa shape index (κ2) is 2.94. The second-order valence-electron chi connectivity index (χ2n) is 4.65. The molecular formula is C10H16N2O2. The van der Waals surface area contributed by atoms with Gasteiger partial charge in [-0.2, -0.15) is 0 Å². The predicted octanol–water partition coefficient (Wildman–Crippen LogP) is -0.260. The molecule has 4 heteroatoms. The Balaban J connectivity index is 1.75. The Bertz CT molecular complexity index is 257. The number of amides is 1. The van der Waals surface area contributed by atoms with Crippen LogP contribution in [0.5, 0.6) is 0 Å². The van der Waals surface area contributed by atoms with Crippen molar-refractivity contribution in [3.8, 4) is 0 Å². The Hall–Kier alpha value is -0.610. The van der Waals surface area contributed by atoms with Crippen molar-refractivity contribution in [3.05, 3.63) is 0 Å². The molecule has 1 saturated carbocycles. The van der Waals surface area contributed by atoms with E-state index in [2.05, 4.69) is 5.32 Å². The van der Waals surface area contributed by atoms with Crippen LogP contribution in [0.2, 0.25) is 0 Å². The predicted molar refractivity (Wildman–Crippen MR) is 50.9 cm³/mol. The van der Waals surface area contributed by atoms with Crippen LogP contribution in [0.4, 0.5) is 0 Å². The Morgan fingerprint density at radius 1 is 1.50 bits per heavy atom. The first-order valence-corrected chi connectivity index (χ1v) is 5.43. The van der Waals surface area contributed by atoms with Gasteiger partial charge in [-0.05, 0) is 25.8 Å². The van der Waals surface area contributed by atoms with Crippen LogP contribution >= 0.6 is 0 Å². The minimum atomic E-state index is -0.0590. The zero-order chi connectivity index (χ0) is 9.60. The number of hydrogen-bond acceptors (Lipinski definition) is 3. The highest BCUT2D eigenvalue weighted by Crippen LogP contribution is 2.33. The summed E-state index contributed by atoms with van der Waals surface area (Å²) < 4.78 is 5.69. The van der Waals surface area contributed by atoms with Gasteiger partial charge < -0.3 is 15.0 Å². The molecule has 2 aliphatic heterocycles. The molecule has 1 aliphatic carbocycles. The van der Waals surface area contributed by atoms with Gasteiger partial charge in [0.2, 0.25) is 5.91 Å². The van der Waals surface area contributed by atoms with E-state index < -0.39 is 0 Å². The van der Waals surface area contributed by atoms with Gasteiger partial charge >= 0.3 is 0 Å². The maximum absolute atomic E-state index is 11.6. The van der Waals surface area contributed by atoms with Crippen molar-refractivity contribution in [1.82, 2.24) is 10.2 Å². The van der Waals surface area contributed by atoms with Gasteiger partial charge in [0, 0.05) is 12.6 Å². The summed E-state index contributed by atoms with van der Waals surface area (Å²) in [5.74, 6) is 0.185. The maximum Gasteiger partial charge on any atom is 0.248 e. The van der Waals surface area contributed by atoms with Gasteiger partial charge in [0.1, 0.15) is 6.61 Å². The highest BCUT2D eigenvalue weighted by Gasteiger charge is 2.46. The van der Waals surface area contributed by atoms with Gasteiger partial charge in [-0.25, -0.2) is 0 Å². The Labute approximate surface area is 83.6 Å². The molecule has 0 aromatic heterocycles. The van der Waals surface area contributed by atoms with Crippen LogP contribution in [-0.2, 0) is 9.53 Å². The molecule has 3 fully saturated rings. The van der Waals surface area contributed by atoms with E-state index in [0.29, 0.717) is 6.04 Å². The molecule has 3 rings (SSSR count). The summed E-state index contributed by atoms with van der Waals surface area (Å²) in [6, 6.07) is 0.531. The summed E-state index contributed by atoms with van der Waals surface area (Å²) in [5.41, 5.74) is -0.0590. The van der Waals surface area contributed by atoms with Crippen LogP contribution in [0, 0.1) is 0 Å². The van der Waals surface area contributed by atoms with Gasteiger partial charge in [0.25, 0.3) is 0 Å². The Morgan fingerprint density at radius 2 is 2.36 bits per heavy atom. The van der Waals surface area contributed by atoms with Crippen molar-refractivity contribution in [3.63, 3.8) is 0 Å². The van der Waals surface area contributed by atoms with Crippen LogP contribution in [0.3, 0.4) is 0 Å². The van der Waals surface area contributed by atoms with Crippen molar-refractivity contribution in [1.29, 1.82) is 0 Å². The fraction of sp³-hybridized carbons (Fsp3) is 0.900. The van der Waals surface area contributed by atoms with Gasteiger partial charge in [-0.3, -0.25) is 4.79 Å². The van der Waals surface area contributed by atoms with Gasteiger partial charge in [0.15, 0.2) is 0 Å². The molecule has 3 aliphatic rings. The fourth-order valence-electron chi connectivity index (χ4n) is 2.44. The minimum Gasteiger partial charge on any atom is -0.362 e. The number of morpholine rings is 1. The van der Waals surface area contributed by atoms with E-state index in [9.17, 15) is 4.79 Å². The first kappa shape index (κ1) is 8.68. The number of ether oxygens (including phenoxy) is 1. The normalized spacial score (nSPS) is 38.3. The molecule has 2 heterocycles. The summed E-state index contributed by atoms with van der Waals surface area (Å²) in [6.45, 7) is 3.03. The Morgan fingerprint density at radius 3 is 3.00 bits per heavy atom. The van der Waals surface area contributed by atoms with Crippen molar-refractivity contribution >= 4 is 5.91 Å². The summed E-state index contributed by atoms with van der Waals surface area (Å²) in [6.07, 6.45) is 3.42. The van der Waals surface area contributed by atoms with Crippen molar-refractivity contribution < 1.29 is 9.53 Å². The van der Waals surface area contributed by atoms with E-state index in [4.69, 9.17) is 4.74 Å². The third-order valence-electron chi connectivity index (χ3n) is 3.47. The molecule has 0 radical (unpaired) electrons.